The molecule has 4 nitrogen and oxygen atoms in total. The lowest BCUT2D eigenvalue weighted by atomic mass is 10.1. The van der Waals surface area contributed by atoms with Crippen LogP contribution in [0.1, 0.15) is 41.5 Å². The summed E-state index contributed by atoms with van der Waals surface area (Å²) in [5.41, 5.74) is 0. The molecule has 5 aromatic carbocycles. The molecule has 0 fully saturated rings. The highest BCUT2D eigenvalue weighted by Gasteiger charge is 1.86. The van der Waals surface area contributed by atoms with Crippen molar-refractivity contribution in [2.75, 3.05) is 14.2 Å². The fourth-order valence-electron chi connectivity index (χ4n) is 2.65. The molecular weight excluding hydrogens is 496 g/mol. The average molecular weight is 543 g/mol. The summed E-state index contributed by atoms with van der Waals surface area (Å²) in [5, 5.41) is 5.24. The molecule has 0 bridgehead atoms. The Balaban J connectivity index is 0. The smallest absolute Gasteiger partial charge is 0.302 e. The second-order valence-electron chi connectivity index (χ2n) is 7.24. The van der Waals surface area contributed by atoms with Gasteiger partial charge < -0.3 is 9.47 Å². The summed E-state index contributed by atoms with van der Waals surface area (Å²) in [6, 6.07) is 45.4. The first-order valence-electron chi connectivity index (χ1n) is 13.4. The summed E-state index contributed by atoms with van der Waals surface area (Å²) >= 11 is 0. The summed E-state index contributed by atoms with van der Waals surface area (Å²) < 4.78 is 8.22. The fraction of sp³-hybridized carbons (Fsp3) is 0.222. The first-order chi connectivity index (χ1) is 19.5. The number of fused-ring (bicyclic) bond motifs is 2. The van der Waals surface area contributed by atoms with Gasteiger partial charge in [-0.3, -0.25) is 9.59 Å². The zero-order valence-corrected chi connectivity index (χ0v) is 25.3. The van der Waals surface area contributed by atoms with E-state index in [1.807, 2.05) is 64.1 Å². The number of methoxy groups -OCH3 is 2. The molecule has 4 heteroatoms. The lowest BCUT2D eigenvalue weighted by molar-refractivity contribution is -0.138. The van der Waals surface area contributed by atoms with Crippen molar-refractivity contribution in [2.24, 2.45) is 0 Å². The molecule has 0 aliphatic rings. The molecular formula is C36H46O4. The third kappa shape index (κ3) is 20.6. The van der Waals surface area contributed by atoms with E-state index in [0.29, 0.717) is 0 Å². The molecule has 0 N–H and O–H groups in total. The zero-order chi connectivity index (χ0) is 30.4. The average Bonchev–Trinajstić information content (AvgIpc) is 3.05. The number of hydrogen-bond donors (Lipinski definition) is 0. The highest BCUT2D eigenvalue weighted by molar-refractivity contribution is 5.82. The Hall–Kier alpha value is -4.44. The number of ether oxygens (including phenoxy) is 2. The minimum atomic E-state index is -0.245. The van der Waals surface area contributed by atoms with Gasteiger partial charge in [0, 0.05) is 13.8 Å². The standard InChI is InChI=1S/2C10H8.C6H6.2C3H6O2.2C2H6/c2*1-2-6-10-8-4-3-7-9(10)5-1;1-2-4-6-5-3-1;2*1-3(4)5-2;2*1-2/h2*1-8H;1-6H;2*1-2H3;2*1-2H3. The van der Waals surface area contributed by atoms with Crippen LogP contribution in [0.25, 0.3) is 21.5 Å². The number of hydrogen-bond acceptors (Lipinski definition) is 4. The SMILES string of the molecule is CC.CC.COC(C)=O.COC(C)=O.c1ccc2ccccc2c1.c1ccc2ccccc2c1.c1ccccc1. The van der Waals surface area contributed by atoms with Gasteiger partial charge >= 0.3 is 11.9 Å². The van der Waals surface area contributed by atoms with Gasteiger partial charge in [-0.15, -0.1) is 0 Å². The van der Waals surface area contributed by atoms with Crippen LogP contribution in [0.2, 0.25) is 0 Å². The van der Waals surface area contributed by atoms with E-state index in [4.69, 9.17) is 0 Å². The van der Waals surface area contributed by atoms with Crippen LogP contribution in [0.15, 0.2) is 133 Å². The lowest BCUT2D eigenvalue weighted by Gasteiger charge is -1.92. The largest absolute Gasteiger partial charge is 0.469 e. The Morgan fingerprint density at radius 2 is 0.500 bits per heavy atom. The molecule has 0 radical (unpaired) electrons. The van der Waals surface area contributed by atoms with Crippen molar-refractivity contribution in [3.8, 4) is 0 Å². The molecule has 0 amide bonds. The molecule has 5 rings (SSSR count). The number of carbonyl (C=O) groups is 2. The van der Waals surface area contributed by atoms with Crippen LogP contribution in [0.5, 0.6) is 0 Å². The Morgan fingerprint density at radius 1 is 0.375 bits per heavy atom. The van der Waals surface area contributed by atoms with E-state index in [-0.39, 0.29) is 11.9 Å². The molecule has 0 saturated carbocycles. The van der Waals surface area contributed by atoms with Crippen molar-refractivity contribution >= 4 is 33.5 Å². The van der Waals surface area contributed by atoms with Gasteiger partial charge in [0.05, 0.1) is 14.2 Å². The molecule has 0 unspecified atom stereocenters. The van der Waals surface area contributed by atoms with E-state index in [0.717, 1.165) is 0 Å². The van der Waals surface area contributed by atoms with E-state index < -0.39 is 0 Å². The van der Waals surface area contributed by atoms with Crippen LogP contribution in [0.4, 0.5) is 0 Å². The highest BCUT2D eigenvalue weighted by Crippen LogP contribution is 2.12. The summed E-state index contributed by atoms with van der Waals surface area (Å²) in [6.45, 7) is 10.7. The zero-order valence-electron chi connectivity index (χ0n) is 25.3. The van der Waals surface area contributed by atoms with Gasteiger partial charge in [-0.2, -0.15) is 0 Å². The minimum Gasteiger partial charge on any atom is -0.469 e. The molecule has 5 aromatic rings. The third-order valence-corrected chi connectivity index (χ3v) is 4.56. The van der Waals surface area contributed by atoms with Crippen molar-refractivity contribution in [2.45, 2.75) is 41.5 Å². The van der Waals surface area contributed by atoms with E-state index in [1.165, 1.54) is 49.6 Å². The number of rotatable bonds is 0. The minimum absolute atomic E-state index is 0.245. The monoisotopic (exact) mass is 542 g/mol. The van der Waals surface area contributed by atoms with E-state index in [2.05, 4.69) is 107 Å². The van der Waals surface area contributed by atoms with Gasteiger partial charge in [0.25, 0.3) is 0 Å². The van der Waals surface area contributed by atoms with Crippen molar-refractivity contribution < 1.29 is 19.1 Å². The molecule has 214 valence electrons. The maximum atomic E-state index is 9.59. The van der Waals surface area contributed by atoms with E-state index >= 15 is 0 Å². The topological polar surface area (TPSA) is 52.6 Å². The molecule has 0 saturated heterocycles. The van der Waals surface area contributed by atoms with Crippen LogP contribution in [-0.4, -0.2) is 26.2 Å². The van der Waals surface area contributed by atoms with Gasteiger partial charge in [0.2, 0.25) is 0 Å². The molecule has 0 spiro atoms. The third-order valence-electron chi connectivity index (χ3n) is 4.56. The van der Waals surface area contributed by atoms with Crippen molar-refractivity contribution in [1.82, 2.24) is 0 Å². The van der Waals surface area contributed by atoms with E-state index in [9.17, 15) is 9.59 Å². The predicted molar refractivity (Wildman–Crippen MR) is 172 cm³/mol. The van der Waals surface area contributed by atoms with Gasteiger partial charge in [0.15, 0.2) is 0 Å². The van der Waals surface area contributed by atoms with E-state index in [1.54, 1.807) is 0 Å². The van der Waals surface area contributed by atoms with Crippen molar-refractivity contribution in [3.05, 3.63) is 133 Å². The molecule has 0 aliphatic carbocycles. The maximum absolute atomic E-state index is 9.59. The first kappa shape index (κ1) is 37.7. The molecule has 0 heterocycles. The van der Waals surface area contributed by atoms with Crippen LogP contribution in [0, 0.1) is 0 Å². The van der Waals surface area contributed by atoms with Crippen LogP contribution >= 0.6 is 0 Å². The molecule has 0 aromatic heterocycles. The molecule has 0 aliphatic heterocycles. The van der Waals surface area contributed by atoms with Gasteiger partial charge in [-0.1, -0.05) is 161 Å². The van der Waals surface area contributed by atoms with Crippen LogP contribution < -0.4 is 0 Å². The van der Waals surface area contributed by atoms with Crippen molar-refractivity contribution in [3.63, 3.8) is 0 Å². The normalized spacial score (nSPS) is 8.20. The van der Waals surface area contributed by atoms with Crippen LogP contribution in [-0.2, 0) is 19.1 Å². The summed E-state index contributed by atoms with van der Waals surface area (Å²) in [4.78, 5) is 19.2. The summed E-state index contributed by atoms with van der Waals surface area (Å²) in [5.74, 6) is -0.491. The van der Waals surface area contributed by atoms with Crippen LogP contribution in [0.3, 0.4) is 0 Å². The quantitative estimate of drug-likeness (QED) is 0.183. The Bertz CT molecular complexity index is 1020. The summed E-state index contributed by atoms with van der Waals surface area (Å²) in [7, 11) is 2.70. The Kier molecular flexibility index (Phi) is 26.0. The lowest BCUT2D eigenvalue weighted by Crippen LogP contribution is -1.88. The maximum Gasteiger partial charge on any atom is 0.302 e. The fourth-order valence-corrected chi connectivity index (χ4v) is 2.65. The molecule has 40 heavy (non-hydrogen) atoms. The predicted octanol–water partition coefficient (Wildman–Crippen LogP) is 9.78. The number of esters is 2. The Labute approximate surface area is 241 Å². The van der Waals surface area contributed by atoms with Crippen molar-refractivity contribution in [1.29, 1.82) is 0 Å². The second kappa shape index (κ2) is 27.6. The number of carbonyl (C=O) groups excluding carboxylic acids is 2. The number of benzene rings is 5. The highest BCUT2D eigenvalue weighted by atomic mass is 16.5. The first-order valence-corrected chi connectivity index (χ1v) is 13.4. The van der Waals surface area contributed by atoms with Gasteiger partial charge in [-0.25, -0.2) is 0 Å². The van der Waals surface area contributed by atoms with Gasteiger partial charge in [0.1, 0.15) is 0 Å². The molecule has 0 atom stereocenters. The summed E-state index contributed by atoms with van der Waals surface area (Å²) in [6.07, 6.45) is 0. The van der Waals surface area contributed by atoms with Gasteiger partial charge in [-0.05, 0) is 21.5 Å². The Morgan fingerprint density at radius 3 is 0.600 bits per heavy atom. The second-order valence-corrected chi connectivity index (χ2v) is 7.24.